The number of benzene rings is 2. The summed E-state index contributed by atoms with van der Waals surface area (Å²) in [5, 5.41) is 8.05. The van der Waals surface area contributed by atoms with Crippen LogP contribution in [0.1, 0.15) is 12.8 Å². The van der Waals surface area contributed by atoms with Crippen molar-refractivity contribution < 1.29 is 9.47 Å². The van der Waals surface area contributed by atoms with Crippen molar-refractivity contribution in [1.29, 1.82) is 0 Å². The van der Waals surface area contributed by atoms with Gasteiger partial charge in [0.05, 0.1) is 19.9 Å². The van der Waals surface area contributed by atoms with Gasteiger partial charge in [-0.3, -0.25) is 0 Å². The first-order chi connectivity index (χ1) is 15.7. The molecule has 0 unspecified atom stereocenters. The van der Waals surface area contributed by atoms with Crippen LogP contribution in [0.4, 0.5) is 11.5 Å². The molecule has 0 saturated carbocycles. The molecule has 1 saturated heterocycles. The summed E-state index contributed by atoms with van der Waals surface area (Å²) in [7, 11) is 3.33. The fourth-order valence-corrected chi connectivity index (χ4v) is 4.16. The van der Waals surface area contributed by atoms with Crippen molar-refractivity contribution in [1.82, 2.24) is 19.6 Å². The van der Waals surface area contributed by atoms with E-state index in [1.165, 1.54) is 0 Å². The molecule has 0 bridgehead atoms. The summed E-state index contributed by atoms with van der Waals surface area (Å²) in [6.07, 6.45) is 3.56. The average molecular weight is 431 g/mol. The van der Waals surface area contributed by atoms with Crippen LogP contribution >= 0.6 is 0 Å². The number of aromatic nitrogens is 4. The van der Waals surface area contributed by atoms with E-state index < -0.39 is 0 Å². The highest BCUT2D eigenvalue weighted by molar-refractivity contribution is 5.66. The molecule has 8 heteroatoms. The summed E-state index contributed by atoms with van der Waals surface area (Å²) < 4.78 is 12.6. The minimum atomic E-state index is 0.365. The Bertz CT molecular complexity index is 1180. The lowest BCUT2D eigenvalue weighted by molar-refractivity contribution is 0.394. The van der Waals surface area contributed by atoms with E-state index in [0.717, 1.165) is 60.2 Å². The molecule has 8 nitrogen and oxygen atoms in total. The number of anilines is 2. The van der Waals surface area contributed by atoms with Crippen LogP contribution in [-0.2, 0) is 0 Å². The normalized spacial score (nSPS) is 14.5. The molecule has 2 aromatic heterocycles. The van der Waals surface area contributed by atoms with Gasteiger partial charge in [0.2, 0.25) is 0 Å². The van der Waals surface area contributed by atoms with E-state index in [4.69, 9.17) is 14.5 Å². The summed E-state index contributed by atoms with van der Waals surface area (Å²) >= 11 is 0. The van der Waals surface area contributed by atoms with Gasteiger partial charge in [-0.25, -0.2) is 4.98 Å². The highest BCUT2D eigenvalue weighted by Gasteiger charge is 2.23. The molecule has 3 heterocycles. The molecule has 0 amide bonds. The van der Waals surface area contributed by atoms with E-state index in [1.807, 2.05) is 40.9 Å². The topological polar surface area (TPSA) is 76.8 Å². The van der Waals surface area contributed by atoms with Gasteiger partial charge >= 0.3 is 0 Å². The van der Waals surface area contributed by atoms with Gasteiger partial charge in [0.25, 0.3) is 5.78 Å². The Labute approximate surface area is 186 Å². The van der Waals surface area contributed by atoms with Crippen molar-refractivity contribution in [3.05, 3.63) is 60.9 Å². The zero-order valence-electron chi connectivity index (χ0n) is 18.2. The van der Waals surface area contributed by atoms with Crippen LogP contribution in [0.3, 0.4) is 0 Å². The molecule has 0 radical (unpaired) electrons. The number of nitrogens with one attached hydrogen (secondary N) is 1. The third kappa shape index (κ3) is 4.03. The van der Waals surface area contributed by atoms with Gasteiger partial charge in [-0.1, -0.05) is 30.3 Å². The Balaban J connectivity index is 1.34. The summed E-state index contributed by atoms with van der Waals surface area (Å²) in [5.41, 5.74) is 2.99. The fraction of sp³-hybridized carbons (Fsp3) is 0.292. The molecule has 4 aromatic rings. The third-order valence-corrected chi connectivity index (χ3v) is 5.84. The highest BCUT2D eigenvalue weighted by Crippen LogP contribution is 2.29. The first-order valence-electron chi connectivity index (χ1n) is 10.7. The van der Waals surface area contributed by atoms with Crippen LogP contribution in [0.25, 0.3) is 17.0 Å². The molecule has 2 aromatic carbocycles. The van der Waals surface area contributed by atoms with Gasteiger partial charge in [-0.15, -0.1) is 0 Å². The first-order valence-corrected chi connectivity index (χ1v) is 10.7. The predicted octanol–water partition coefficient (Wildman–Crippen LogP) is 3.89. The molecule has 32 heavy (non-hydrogen) atoms. The van der Waals surface area contributed by atoms with Crippen LogP contribution in [0.15, 0.2) is 60.9 Å². The van der Waals surface area contributed by atoms with Crippen LogP contribution in [0.2, 0.25) is 0 Å². The second-order valence-corrected chi connectivity index (χ2v) is 7.84. The van der Waals surface area contributed by atoms with Gasteiger partial charge < -0.3 is 19.7 Å². The molecule has 0 spiro atoms. The van der Waals surface area contributed by atoms with Crippen LogP contribution in [-0.4, -0.2) is 52.9 Å². The van der Waals surface area contributed by atoms with E-state index in [0.29, 0.717) is 11.8 Å². The maximum absolute atomic E-state index is 5.39. The van der Waals surface area contributed by atoms with Crippen molar-refractivity contribution in [3.63, 3.8) is 0 Å². The molecule has 1 N–H and O–H groups in total. The molecular weight excluding hydrogens is 404 g/mol. The fourth-order valence-electron chi connectivity index (χ4n) is 4.16. The van der Waals surface area contributed by atoms with Crippen LogP contribution in [0.5, 0.6) is 11.5 Å². The van der Waals surface area contributed by atoms with E-state index in [2.05, 4.69) is 38.5 Å². The number of methoxy groups -OCH3 is 2. The van der Waals surface area contributed by atoms with E-state index in [-0.39, 0.29) is 0 Å². The third-order valence-electron chi connectivity index (χ3n) is 5.84. The van der Waals surface area contributed by atoms with Crippen LogP contribution in [0, 0.1) is 0 Å². The summed E-state index contributed by atoms with van der Waals surface area (Å²) in [5.74, 6) is 3.20. The predicted molar refractivity (Wildman–Crippen MR) is 125 cm³/mol. The molecule has 1 aliphatic rings. The number of hydrogen-bond donors (Lipinski definition) is 1. The molecule has 5 rings (SSSR count). The van der Waals surface area contributed by atoms with Crippen molar-refractivity contribution in [2.24, 2.45) is 0 Å². The standard InChI is InChI=1S/C24H26N6O2/c1-31-20-12-19(13-21(14-20)32-2)27-18-8-10-29(11-9-18)23-15-22(17-6-4-3-5-7-17)28-24-25-16-26-30(23)24/h3-7,12-16,18,27H,8-11H2,1-2H3. The molecule has 0 atom stereocenters. The zero-order chi connectivity index (χ0) is 21.9. The lowest BCUT2D eigenvalue weighted by Gasteiger charge is -2.34. The Morgan fingerprint density at radius 3 is 2.34 bits per heavy atom. The summed E-state index contributed by atoms with van der Waals surface area (Å²) in [6, 6.07) is 18.5. The van der Waals surface area contributed by atoms with Gasteiger partial charge in [-0.2, -0.15) is 14.6 Å². The van der Waals surface area contributed by atoms with Crippen molar-refractivity contribution in [2.45, 2.75) is 18.9 Å². The van der Waals surface area contributed by atoms with Crippen LogP contribution < -0.4 is 19.7 Å². The number of rotatable bonds is 6. The molecule has 1 aliphatic heterocycles. The molecule has 1 fully saturated rings. The molecule has 0 aliphatic carbocycles. The lowest BCUT2D eigenvalue weighted by Crippen LogP contribution is -2.40. The number of piperidine rings is 1. The zero-order valence-corrected chi connectivity index (χ0v) is 18.2. The van der Waals surface area contributed by atoms with Gasteiger partial charge in [0.1, 0.15) is 23.6 Å². The Kier molecular flexibility index (Phi) is 5.49. The Morgan fingerprint density at radius 1 is 0.938 bits per heavy atom. The largest absolute Gasteiger partial charge is 0.497 e. The molecular formula is C24H26N6O2. The molecule has 164 valence electrons. The van der Waals surface area contributed by atoms with Crippen molar-refractivity contribution >= 4 is 17.3 Å². The average Bonchev–Trinajstić information content (AvgIpc) is 3.33. The minimum absolute atomic E-state index is 0.365. The second kappa shape index (κ2) is 8.74. The maximum Gasteiger partial charge on any atom is 0.254 e. The maximum atomic E-state index is 5.39. The van der Waals surface area contributed by atoms with Gasteiger partial charge in [0, 0.05) is 54.6 Å². The SMILES string of the molecule is COc1cc(NC2CCN(c3cc(-c4ccccc4)nc4ncnn34)CC2)cc(OC)c1. The van der Waals surface area contributed by atoms with Gasteiger partial charge in [0.15, 0.2) is 0 Å². The van der Waals surface area contributed by atoms with Gasteiger partial charge in [-0.05, 0) is 12.8 Å². The van der Waals surface area contributed by atoms with E-state index in [9.17, 15) is 0 Å². The second-order valence-electron chi connectivity index (χ2n) is 7.84. The summed E-state index contributed by atoms with van der Waals surface area (Å²) in [6.45, 7) is 1.82. The van der Waals surface area contributed by atoms with E-state index in [1.54, 1.807) is 20.5 Å². The number of nitrogens with zero attached hydrogens (tertiary/aromatic N) is 5. The lowest BCUT2D eigenvalue weighted by atomic mass is 10.0. The monoisotopic (exact) mass is 430 g/mol. The Hall–Kier alpha value is -3.81. The quantitative estimate of drug-likeness (QED) is 0.497. The van der Waals surface area contributed by atoms with Crippen molar-refractivity contribution in [3.8, 4) is 22.8 Å². The smallest absolute Gasteiger partial charge is 0.254 e. The number of fused-ring (bicyclic) bond motifs is 1. The first kappa shape index (κ1) is 20.1. The number of ether oxygens (including phenoxy) is 2. The van der Waals surface area contributed by atoms with Crippen molar-refractivity contribution in [2.75, 3.05) is 37.5 Å². The highest BCUT2D eigenvalue weighted by atomic mass is 16.5. The number of hydrogen-bond acceptors (Lipinski definition) is 7. The summed E-state index contributed by atoms with van der Waals surface area (Å²) in [4.78, 5) is 11.4. The van der Waals surface area contributed by atoms with E-state index >= 15 is 0 Å². The Morgan fingerprint density at radius 2 is 1.66 bits per heavy atom. The minimum Gasteiger partial charge on any atom is -0.497 e.